The molecule has 2 rings (SSSR count). The van der Waals surface area contributed by atoms with E-state index in [1.54, 1.807) is 0 Å². The molecule has 0 aromatic heterocycles. The van der Waals surface area contributed by atoms with Gasteiger partial charge in [0.15, 0.2) is 5.96 Å². The maximum Gasteiger partial charge on any atom is 0.196 e. The number of hydrogen-bond donors (Lipinski definition) is 1. The number of guanidine groups is 1. The van der Waals surface area contributed by atoms with E-state index in [0.717, 1.165) is 64.4 Å². The molecule has 1 atom stereocenters. The Labute approximate surface area is 116 Å². The summed E-state index contributed by atoms with van der Waals surface area (Å²) in [4.78, 5) is 9.18. The minimum absolute atomic E-state index is 0.415. The second-order valence-electron chi connectivity index (χ2n) is 5.40. The van der Waals surface area contributed by atoms with Crippen molar-refractivity contribution in [2.45, 2.75) is 38.7 Å². The number of aliphatic hydroxyl groups is 1. The van der Waals surface area contributed by atoms with Crippen LogP contribution in [0.3, 0.4) is 0 Å². The molecule has 2 heterocycles. The van der Waals surface area contributed by atoms with E-state index in [1.165, 1.54) is 0 Å². The van der Waals surface area contributed by atoms with Gasteiger partial charge in [-0.25, -0.2) is 0 Å². The van der Waals surface area contributed by atoms with E-state index in [9.17, 15) is 5.11 Å². The van der Waals surface area contributed by atoms with Crippen molar-refractivity contribution in [3.05, 3.63) is 0 Å². The molecule has 0 saturated carbocycles. The molecule has 1 unspecified atom stereocenters. The minimum Gasteiger partial charge on any atom is -0.389 e. The summed E-state index contributed by atoms with van der Waals surface area (Å²) in [6, 6.07) is 0. The number of hydrogen-bond acceptors (Lipinski definition) is 5. The second-order valence-corrected chi connectivity index (χ2v) is 5.40. The maximum atomic E-state index is 10.1. The van der Waals surface area contributed by atoms with Crippen molar-refractivity contribution in [1.82, 2.24) is 9.80 Å². The molecule has 0 aromatic carbocycles. The highest BCUT2D eigenvalue weighted by Crippen LogP contribution is 2.14. The summed E-state index contributed by atoms with van der Waals surface area (Å²) in [5, 5.41) is 10.1. The Kier molecular flexibility index (Phi) is 5.92. The SMILES string of the molecule is CCCCOCC(O)CN1CCCN2CCCN=C21. The summed E-state index contributed by atoms with van der Waals surface area (Å²) in [5.41, 5.74) is 0. The van der Waals surface area contributed by atoms with Gasteiger partial charge in [-0.05, 0) is 19.3 Å². The first kappa shape index (κ1) is 14.6. The van der Waals surface area contributed by atoms with Crippen LogP contribution in [-0.4, -0.2) is 72.9 Å². The lowest BCUT2D eigenvalue weighted by atomic mass is 10.2. The summed E-state index contributed by atoms with van der Waals surface area (Å²) >= 11 is 0. The zero-order valence-electron chi connectivity index (χ0n) is 12.1. The molecule has 110 valence electrons. The quantitative estimate of drug-likeness (QED) is 0.699. The summed E-state index contributed by atoms with van der Waals surface area (Å²) < 4.78 is 5.48. The Bertz CT molecular complexity index is 296. The van der Waals surface area contributed by atoms with Crippen molar-refractivity contribution < 1.29 is 9.84 Å². The molecule has 5 nitrogen and oxygen atoms in total. The van der Waals surface area contributed by atoms with Crippen molar-refractivity contribution in [3.8, 4) is 0 Å². The summed E-state index contributed by atoms with van der Waals surface area (Å²) in [7, 11) is 0. The molecule has 2 aliphatic heterocycles. The van der Waals surface area contributed by atoms with Crippen molar-refractivity contribution in [1.29, 1.82) is 0 Å². The first-order chi connectivity index (χ1) is 9.31. The molecule has 19 heavy (non-hydrogen) atoms. The zero-order chi connectivity index (χ0) is 13.5. The lowest BCUT2D eigenvalue weighted by Gasteiger charge is -2.41. The normalized spacial score (nSPS) is 21.1. The van der Waals surface area contributed by atoms with Gasteiger partial charge in [0.25, 0.3) is 0 Å². The lowest BCUT2D eigenvalue weighted by Crippen LogP contribution is -2.54. The average molecular weight is 269 g/mol. The predicted octanol–water partition coefficient (Wildman–Crippen LogP) is 0.931. The monoisotopic (exact) mass is 269 g/mol. The second kappa shape index (κ2) is 7.70. The first-order valence-electron chi connectivity index (χ1n) is 7.61. The average Bonchev–Trinajstić information content (AvgIpc) is 2.44. The van der Waals surface area contributed by atoms with Gasteiger partial charge in [0.2, 0.25) is 0 Å². The summed E-state index contributed by atoms with van der Waals surface area (Å²) in [6.45, 7) is 8.11. The molecule has 1 N–H and O–H groups in total. The highest BCUT2D eigenvalue weighted by molar-refractivity contribution is 5.81. The fraction of sp³-hybridized carbons (Fsp3) is 0.929. The third-order valence-electron chi connectivity index (χ3n) is 3.64. The maximum absolute atomic E-state index is 10.1. The zero-order valence-corrected chi connectivity index (χ0v) is 12.1. The Balaban J connectivity index is 1.75. The molecule has 0 radical (unpaired) electrons. The number of aliphatic hydroxyl groups excluding tert-OH is 1. The van der Waals surface area contributed by atoms with Crippen LogP contribution in [0.5, 0.6) is 0 Å². The van der Waals surface area contributed by atoms with Crippen LogP contribution in [0.25, 0.3) is 0 Å². The van der Waals surface area contributed by atoms with Gasteiger partial charge in [-0.3, -0.25) is 4.99 Å². The minimum atomic E-state index is -0.415. The van der Waals surface area contributed by atoms with E-state index >= 15 is 0 Å². The Morgan fingerprint density at radius 2 is 2.16 bits per heavy atom. The van der Waals surface area contributed by atoms with Crippen LogP contribution in [0.15, 0.2) is 4.99 Å². The van der Waals surface area contributed by atoms with Gasteiger partial charge in [-0.15, -0.1) is 0 Å². The molecule has 5 heteroatoms. The highest BCUT2D eigenvalue weighted by Gasteiger charge is 2.26. The van der Waals surface area contributed by atoms with Crippen molar-refractivity contribution in [2.75, 3.05) is 45.9 Å². The van der Waals surface area contributed by atoms with Crippen LogP contribution < -0.4 is 0 Å². The molecule has 0 aromatic rings. The van der Waals surface area contributed by atoms with Gasteiger partial charge in [-0.1, -0.05) is 13.3 Å². The van der Waals surface area contributed by atoms with Gasteiger partial charge >= 0.3 is 0 Å². The van der Waals surface area contributed by atoms with Crippen LogP contribution in [0, 0.1) is 0 Å². The Hall–Kier alpha value is -0.810. The molecule has 1 fully saturated rings. The van der Waals surface area contributed by atoms with Gasteiger partial charge in [0, 0.05) is 39.3 Å². The van der Waals surface area contributed by atoms with E-state index in [-0.39, 0.29) is 0 Å². The van der Waals surface area contributed by atoms with Crippen LogP contribution >= 0.6 is 0 Å². The standard InChI is InChI=1S/C14H27N3O2/c1-2-3-10-19-12-13(18)11-17-9-5-8-16-7-4-6-15-14(16)17/h13,18H,2-12H2,1H3. The molecule has 0 spiro atoms. The largest absolute Gasteiger partial charge is 0.389 e. The number of aliphatic imine (C=N–C) groups is 1. The highest BCUT2D eigenvalue weighted by atomic mass is 16.5. The summed E-state index contributed by atoms with van der Waals surface area (Å²) in [6.07, 6.45) is 4.09. The molecule has 0 amide bonds. The van der Waals surface area contributed by atoms with Crippen molar-refractivity contribution in [3.63, 3.8) is 0 Å². The predicted molar refractivity (Wildman–Crippen MR) is 76.4 cm³/mol. The van der Waals surface area contributed by atoms with Gasteiger partial charge in [0.1, 0.15) is 0 Å². The molecular weight excluding hydrogens is 242 g/mol. The van der Waals surface area contributed by atoms with E-state index in [4.69, 9.17) is 4.74 Å². The van der Waals surface area contributed by atoms with Crippen LogP contribution in [0.2, 0.25) is 0 Å². The number of β-amino-alcohol motifs (C(OH)–C–C–N with tert-alkyl or cyclic N) is 1. The number of unbranched alkanes of at least 4 members (excludes halogenated alkanes) is 1. The molecule has 2 aliphatic rings. The van der Waals surface area contributed by atoms with Gasteiger partial charge in [0.05, 0.1) is 12.7 Å². The topological polar surface area (TPSA) is 48.3 Å². The van der Waals surface area contributed by atoms with Crippen LogP contribution in [0.1, 0.15) is 32.6 Å². The number of fused-ring (bicyclic) bond motifs is 1. The van der Waals surface area contributed by atoms with Gasteiger partial charge in [-0.2, -0.15) is 0 Å². The lowest BCUT2D eigenvalue weighted by molar-refractivity contribution is 0.0215. The first-order valence-corrected chi connectivity index (χ1v) is 7.61. The number of rotatable bonds is 7. The molecular formula is C14H27N3O2. The van der Waals surface area contributed by atoms with Crippen LogP contribution in [-0.2, 0) is 4.74 Å². The molecule has 1 saturated heterocycles. The molecule has 0 aliphatic carbocycles. The van der Waals surface area contributed by atoms with Crippen molar-refractivity contribution >= 4 is 5.96 Å². The van der Waals surface area contributed by atoms with E-state index in [0.29, 0.717) is 13.2 Å². The number of ether oxygens (including phenoxy) is 1. The van der Waals surface area contributed by atoms with E-state index < -0.39 is 6.10 Å². The van der Waals surface area contributed by atoms with E-state index in [2.05, 4.69) is 21.7 Å². The Morgan fingerprint density at radius 3 is 3.00 bits per heavy atom. The van der Waals surface area contributed by atoms with E-state index in [1.807, 2.05) is 0 Å². The third kappa shape index (κ3) is 4.35. The van der Waals surface area contributed by atoms with Crippen molar-refractivity contribution in [2.24, 2.45) is 4.99 Å². The summed E-state index contributed by atoms with van der Waals surface area (Å²) in [5.74, 6) is 1.09. The molecule has 0 bridgehead atoms. The van der Waals surface area contributed by atoms with Gasteiger partial charge < -0.3 is 19.6 Å². The third-order valence-corrected chi connectivity index (χ3v) is 3.64. The smallest absolute Gasteiger partial charge is 0.196 e. The fourth-order valence-electron chi connectivity index (χ4n) is 2.65. The van der Waals surface area contributed by atoms with Crippen LogP contribution in [0.4, 0.5) is 0 Å². The Morgan fingerprint density at radius 1 is 1.32 bits per heavy atom. The number of nitrogens with zero attached hydrogens (tertiary/aromatic N) is 3. The fourth-order valence-corrected chi connectivity index (χ4v) is 2.65.